The van der Waals surface area contributed by atoms with Gasteiger partial charge in [0.05, 0.1) is 26.0 Å². The van der Waals surface area contributed by atoms with E-state index in [-0.39, 0.29) is 23.7 Å². The first-order valence-electron chi connectivity index (χ1n) is 8.92. The van der Waals surface area contributed by atoms with Crippen molar-refractivity contribution < 1.29 is 18.7 Å². The van der Waals surface area contributed by atoms with Crippen LogP contribution in [0.4, 0.5) is 4.39 Å². The molecule has 2 aromatic rings. The van der Waals surface area contributed by atoms with Crippen molar-refractivity contribution in [2.24, 2.45) is 11.0 Å². The highest BCUT2D eigenvalue weighted by Gasteiger charge is 2.43. The number of methoxy groups -OCH3 is 2. The molecule has 0 saturated carbocycles. The van der Waals surface area contributed by atoms with Crippen molar-refractivity contribution in [1.82, 2.24) is 5.01 Å². The van der Waals surface area contributed by atoms with Gasteiger partial charge in [0.1, 0.15) is 5.82 Å². The van der Waals surface area contributed by atoms with Gasteiger partial charge in [-0.1, -0.05) is 12.1 Å². The van der Waals surface area contributed by atoms with Gasteiger partial charge in [-0.3, -0.25) is 4.79 Å². The maximum Gasteiger partial charge on any atom is 0.240 e. The molecule has 1 aliphatic heterocycles. The number of aryl methyl sites for hydroxylation is 1. The van der Waals surface area contributed by atoms with Gasteiger partial charge >= 0.3 is 0 Å². The molecule has 0 unspecified atom stereocenters. The Morgan fingerprint density at radius 2 is 1.81 bits per heavy atom. The van der Waals surface area contributed by atoms with E-state index >= 15 is 0 Å². The molecule has 1 heterocycles. The van der Waals surface area contributed by atoms with Crippen LogP contribution in [0.3, 0.4) is 0 Å². The highest BCUT2D eigenvalue weighted by molar-refractivity contribution is 6.07. The number of carbonyl (C=O) groups is 1. The lowest BCUT2D eigenvalue weighted by Crippen LogP contribution is -2.31. The molecule has 1 aliphatic carbocycles. The van der Waals surface area contributed by atoms with Crippen LogP contribution >= 0.6 is 0 Å². The summed E-state index contributed by atoms with van der Waals surface area (Å²) in [5, 5.41) is 6.20. The Labute approximate surface area is 157 Å². The summed E-state index contributed by atoms with van der Waals surface area (Å²) in [4.78, 5) is 12.3. The number of hydrazone groups is 1. The molecule has 6 heteroatoms. The lowest BCUT2D eigenvalue weighted by molar-refractivity contribution is -0.131. The Bertz CT molecular complexity index is 924. The predicted octanol–water partition coefficient (Wildman–Crippen LogP) is 3.71. The molecule has 2 atom stereocenters. The summed E-state index contributed by atoms with van der Waals surface area (Å²) in [6.45, 7) is 1.51. The Hall–Kier alpha value is -2.89. The number of carbonyl (C=O) groups excluding carboxylic acids is 1. The third-order valence-electron chi connectivity index (χ3n) is 5.36. The molecule has 0 fully saturated rings. The number of ether oxygens (including phenoxy) is 2. The molecule has 0 N–H and O–H groups in total. The molecule has 0 aromatic heterocycles. The van der Waals surface area contributed by atoms with Crippen LogP contribution in [0.25, 0.3) is 0 Å². The summed E-state index contributed by atoms with van der Waals surface area (Å²) >= 11 is 0. The monoisotopic (exact) mass is 368 g/mol. The smallest absolute Gasteiger partial charge is 0.240 e. The van der Waals surface area contributed by atoms with E-state index < -0.39 is 0 Å². The summed E-state index contributed by atoms with van der Waals surface area (Å²) in [7, 11) is 3.22. The first kappa shape index (κ1) is 17.5. The first-order chi connectivity index (χ1) is 13.0. The van der Waals surface area contributed by atoms with E-state index in [1.54, 1.807) is 26.4 Å². The number of benzene rings is 2. The Balaban J connectivity index is 1.81. The SMILES string of the molecule is COc1cc2c(cc1OC)C1=NN(C(C)=O)[C@H](c3ccc(F)cc3)[C@@H]1CC2. The van der Waals surface area contributed by atoms with E-state index in [2.05, 4.69) is 5.10 Å². The third-order valence-corrected chi connectivity index (χ3v) is 5.36. The molecule has 2 aliphatic rings. The number of hydrogen-bond donors (Lipinski definition) is 0. The quantitative estimate of drug-likeness (QED) is 0.830. The zero-order chi connectivity index (χ0) is 19.1. The highest BCUT2D eigenvalue weighted by atomic mass is 19.1. The Morgan fingerprint density at radius 3 is 2.44 bits per heavy atom. The summed E-state index contributed by atoms with van der Waals surface area (Å²) in [5.41, 5.74) is 3.88. The Morgan fingerprint density at radius 1 is 1.15 bits per heavy atom. The fraction of sp³-hybridized carbons (Fsp3) is 0.333. The molecule has 4 rings (SSSR count). The zero-order valence-corrected chi connectivity index (χ0v) is 15.5. The van der Waals surface area contributed by atoms with Crippen molar-refractivity contribution in [1.29, 1.82) is 0 Å². The maximum atomic E-state index is 13.4. The van der Waals surface area contributed by atoms with E-state index in [0.717, 1.165) is 35.2 Å². The maximum absolute atomic E-state index is 13.4. The minimum Gasteiger partial charge on any atom is -0.493 e. The number of rotatable bonds is 3. The van der Waals surface area contributed by atoms with E-state index in [0.29, 0.717) is 11.5 Å². The van der Waals surface area contributed by atoms with E-state index in [1.807, 2.05) is 12.1 Å². The number of fused-ring (bicyclic) bond motifs is 3. The van der Waals surface area contributed by atoms with Crippen molar-refractivity contribution in [3.8, 4) is 11.5 Å². The van der Waals surface area contributed by atoms with Gasteiger partial charge in [0.25, 0.3) is 0 Å². The van der Waals surface area contributed by atoms with Crippen LogP contribution in [-0.4, -0.2) is 30.8 Å². The summed E-state index contributed by atoms with van der Waals surface area (Å²) in [5.74, 6) is 0.960. The van der Waals surface area contributed by atoms with Gasteiger partial charge in [0.2, 0.25) is 5.91 Å². The molecule has 5 nitrogen and oxygen atoms in total. The lowest BCUT2D eigenvalue weighted by atomic mass is 9.77. The van der Waals surface area contributed by atoms with Crippen LogP contribution in [0.5, 0.6) is 11.5 Å². The molecule has 0 saturated heterocycles. The minimum atomic E-state index is -0.293. The number of nitrogens with zero attached hydrogens (tertiary/aromatic N) is 2. The van der Waals surface area contributed by atoms with E-state index in [4.69, 9.17) is 9.47 Å². The van der Waals surface area contributed by atoms with Crippen molar-refractivity contribution in [2.45, 2.75) is 25.8 Å². The molecule has 0 radical (unpaired) electrons. The highest BCUT2D eigenvalue weighted by Crippen LogP contribution is 2.45. The van der Waals surface area contributed by atoms with Gasteiger partial charge in [-0.2, -0.15) is 5.10 Å². The minimum absolute atomic E-state index is 0.0602. The fourth-order valence-corrected chi connectivity index (χ4v) is 4.10. The standard InChI is InChI=1S/C21H21FN2O3/c1-12(25)24-21(13-4-7-15(22)8-5-13)16-9-6-14-10-18(26-2)19(27-3)11-17(14)20(16)23-24/h4-5,7-8,10-11,16,21H,6,9H2,1-3H3/t16-,21-/m1/s1. The third kappa shape index (κ3) is 2.85. The lowest BCUT2D eigenvalue weighted by Gasteiger charge is -2.29. The first-order valence-corrected chi connectivity index (χ1v) is 8.92. The van der Waals surface area contributed by atoms with Crippen LogP contribution in [0.2, 0.25) is 0 Å². The molecule has 0 bridgehead atoms. The molecule has 1 amide bonds. The van der Waals surface area contributed by atoms with Crippen molar-refractivity contribution in [3.05, 3.63) is 58.9 Å². The van der Waals surface area contributed by atoms with Crippen LogP contribution in [-0.2, 0) is 11.2 Å². The van der Waals surface area contributed by atoms with Crippen LogP contribution in [0, 0.1) is 11.7 Å². The second-order valence-corrected chi connectivity index (χ2v) is 6.85. The Kier molecular flexibility index (Phi) is 4.34. The van der Waals surface area contributed by atoms with Gasteiger partial charge in [-0.15, -0.1) is 0 Å². The van der Waals surface area contributed by atoms with Crippen LogP contribution in [0.1, 0.15) is 36.1 Å². The predicted molar refractivity (Wildman–Crippen MR) is 99.6 cm³/mol. The molecule has 27 heavy (non-hydrogen) atoms. The summed E-state index contributed by atoms with van der Waals surface area (Å²) in [6.07, 6.45) is 1.70. The number of hydrogen-bond acceptors (Lipinski definition) is 4. The van der Waals surface area contributed by atoms with Gasteiger partial charge in [0, 0.05) is 18.4 Å². The van der Waals surface area contributed by atoms with Crippen LogP contribution < -0.4 is 9.47 Å². The van der Waals surface area contributed by atoms with Crippen LogP contribution in [0.15, 0.2) is 41.5 Å². The summed E-state index contributed by atoms with van der Waals surface area (Å²) in [6, 6.07) is 10.0. The molecule has 2 aromatic carbocycles. The number of halogens is 1. The molecule has 0 spiro atoms. The summed E-state index contributed by atoms with van der Waals surface area (Å²) < 4.78 is 24.2. The topological polar surface area (TPSA) is 51.1 Å². The second-order valence-electron chi connectivity index (χ2n) is 6.85. The second kappa shape index (κ2) is 6.68. The van der Waals surface area contributed by atoms with E-state index in [1.165, 1.54) is 24.1 Å². The average molecular weight is 368 g/mol. The zero-order valence-electron chi connectivity index (χ0n) is 15.5. The molecular formula is C21H21FN2O3. The van der Waals surface area contributed by atoms with Crippen molar-refractivity contribution in [2.75, 3.05) is 14.2 Å². The fourth-order valence-electron chi connectivity index (χ4n) is 4.10. The van der Waals surface area contributed by atoms with E-state index in [9.17, 15) is 9.18 Å². The molecular weight excluding hydrogens is 347 g/mol. The van der Waals surface area contributed by atoms with Crippen molar-refractivity contribution in [3.63, 3.8) is 0 Å². The van der Waals surface area contributed by atoms with Gasteiger partial charge in [-0.25, -0.2) is 9.40 Å². The average Bonchev–Trinajstić information content (AvgIpc) is 3.07. The number of amides is 1. The largest absolute Gasteiger partial charge is 0.493 e. The molecule has 140 valence electrons. The van der Waals surface area contributed by atoms with Crippen molar-refractivity contribution >= 4 is 11.6 Å². The van der Waals surface area contributed by atoms with Gasteiger partial charge in [-0.05, 0) is 48.2 Å². The normalized spacial score (nSPS) is 20.6. The van der Waals surface area contributed by atoms with Gasteiger partial charge in [0.15, 0.2) is 11.5 Å². The van der Waals surface area contributed by atoms with Gasteiger partial charge < -0.3 is 9.47 Å².